The van der Waals surface area contributed by atoms with E-state index in [0.717, 1.165) is 11.1 Å². The predicted octanol–water partition coefficient (Wildman–Crippen LogP) is 4.55. The van der Waals surface area contributed by atoms with Crippen LogP contribution in [0.4, 0.5) is 0 Å². The highest BCUT2D eigenvalue weighted by Crippen LogP contribution is 2.29. The molecule has 5 heteroatoms. The number of carbonyl (C=O) groups excluding carboxylic acids is 1. The van der Waals surface area contributed by atoms with Gasteiger partial charge in [0.25, 0.3) is 5.91 Å². The lowest BCUT2D eigenvalue weighted by molar-refractivity contribution is 0.0939. The maximum atomic E-state index is 12.7. The minimum Gasteiger partial charge on any atom is -0.490 e. The quantitative estimate of drug-likeness (QED) is 0.626. The van der Waals surface area contributed by atoms with Gasteiger partial charge in [0.15, 0.2) is 11.5 Å². The molecule has 0 saturated carbocycles. The molecular formula is C23H24N2O3. The summed E-state index contributed by atoms with van der Waals surface area (Å²) in [5.41, 5.74) is 2.54. The number of rotatable bonds is 8. The number of hydrogen-bond donors (Lipinski definition) is 1. The SMILES string of the molecule is CCOc1cc(C(=O)NC(C)c2ccccc2)ccc1OCc1cccnc1. The summed E-state index contributed by atoms with van der Waals surface area (Å²) in [5, 5.41) is 3.02. The second kappa shape index (κ2) is 9.55. The van der Waals surface area contributed by atoms with Gasteiger partial charge in [0.2, 0.25) is 0 Å². The Morgan fingerprint density at radius 3 is 2.57 bits per heavy atom. The molecule has 0 aliphatic heterocycles. The van der Waals surface area contributed by atoms with Crippen molar-refractivity contribution in [2.45, 2.75) is 26.5 Å². The molecule has 3 rings (SSSR count). The first-order valence-electron chi connectivity index (χ1n) is 9.31. The van der Waals surface area contributed by atoms with E-state index in [9.17, 15) is 4.79 Å². The number of benzene rings is 2. The van der Waals surface area contributed by atoms with Crippen LogP contribution in [-0.2, 0) is 6.61 Å². The number of aromatic nitrogens is 1. The highest BCUT2D eigenvalue weighted by molar-refractivity contribution is 5.95. The van der Waals surface area contributed by atoms with E-state index in [2.05, 4.69) is 10.3 Å². The van der Waals surface area contributed by atoms with Crippen molar-refractivity contribution in [3.8, 4) is 11.5 Å². The van der Waals surface area contributed by atoms with E-state index in [0.29, 0.717) is 30.3 Å². The van der Waals surface area contributed by atoms with Crippen LogP contribution in [0.5, 0.6) is 11.5 Å². The maximum Gasteiger partial charge on any atom is 0.251 e. The zero-order valence-electron chi connectivity index (χ0n) is 16.1. The first kappa shape index (κ1) is 19.4. The molecule has 3 aromatic rings. The van der Waals surface area contributed by atoms with E-state index in [1.807, 2.05) is 56.3 Å². The first-order valence-corrected chi connectivity index (χ1v) is 9.31. The Balaban J connectivity index is 1.71. The number of nitrogens with zero attached hydrogens (tertiary/aromatic N) is 1. The summed E-state index contributed by atoms with van der Waals surface area (Å²) in [7, 11) is 0. The largest absolute Gasteiger partial charge is 0.490 e. The summed E-state index contributed by atoms with van der Waals surface area (Å²) in [5.74, 6) is 0.987. The topological polar surface area (TPSA) is 60.5 Å². The van der Waals surface area contributed by atoms with E-state index >= 15 is 0 Å². The second-order valence-corrected chi connectivity index (χ2v) is 6.35. The van der Waals surface area contributed by atoms with Gasteiger partial charge in [-0.1, -0.05) is 36.4 Å². The molecule has 1 aromatic heterocycles. The lowest BCUT2D eigenvalue weighted by atomic mass is 10.1. The molecule has 0 bridgehead atoms. The fourth-order valence-corrected chi connectivity index (χ4v) is 2.79. The number of ether oxygens (including phenoxy) is 2. The Kier molecular flexibility index (Phi) is 6.63. The Labute approximate surface area is 165 Å². The van der Waals surface area contributed by atoms with E-state index < -0.39 is 0 Å². The van der Waals surface area contributed by atoms with Crippen LogP contribution in [-0.4, -0.2) is 17.5 Å². The third-order valence-corrected chi connectivity index (χ3v) is 4.27. The van der Waals surface area contributed by atoms with Crippen LogP contribution < -0.4 is 14.8 Å². The summed E-state index contributed by atoms with van der Waals surface area (Å²) >= 11 is 0. The van der Waals surface area contributed by atoms with Crippen molar-refractivity contribution < 1.29 is 14.3 Å². The fourth-order valence-electron chi connectivity index (χ4n) is 2.79. The van der Waals surface area contributed by atoms with Gasteiger partial charge in [-0.05, 0) is 43.7 Å². The van der Waals surface area contributed by atoms with Crippen LogP contribution in [0.3, 0.4) is 0 Å². The molecule has 2 aromatic carbocycles. The summed E-state index contributed by atoms with van der Waals surface area (Å²) in [6.45, 7) is 4.72. The smallest absolute Gasteiger partial charge is 0.251 e. The van der Waals surface area contributed by atoms with Gasteiger partial charge in [-0.3, -0.25) is 9.78 Å². The molecule has 0 fully saturated rings. The number of hydrogen-bond acceptors (Lipinski definition) is 4. The monoisotopic (exact) mass is 376 g/mol. The fraction of sp³-hybridized carbons (Fsp3) is 0.217. The van der Waals surface area contributed by atoms with E-state index in [4.69, 9.17) is 9.47 Å². The zero-order chi connectivity index (χ0) is 19.8. The van der Waals surface area contributed by atoms with Crippen molar-refractivity contribution >= 4 is 5.91 Å². The van der Waals surface area contributed by atoms with Crippen molar-refractivity contribution in [3.63, 3.8) is 0 Å². The van der Waals surface area contributed by atoms with Gasteiger partial charge < -0.3 is 14.8 Å². The third-order valence-electron chi connectivity index (χ3n) is 4.27. The zero-order valence-corrected chi connectivity index (χ0v) is 16.1. The van der Waals surface area contributed by atoms with Crippen molar-refractivity contribution in [2.75, 3.05) is 6.61 Å². The average Bonchev–Trinajstić information content (AvgIpc) is 2.74. The number of carbonyl (C=O) groups is 1. The Bertz CT molecular complexity index is 898. The summed E-state index contributed by atoms with van der Waals surface area (Å²) in [6.07, 6.45) is 3.48. The number of nitrogens with one attached hydrogen (secondary N) is 1. The molecule has 0 saturated heterocycles. The molecule has 1 atom stereocenters. The Morgan fingerprint density at radius 1 is 1.04 bits per heavy atom. The minimum absolute atomic E-state index is 0.0919. The van der Waals surface area contributed by atoms with Gasteiger partial charge in [0.05, 0.1) is 12.6 Å². The Morgan fingerprint density at radius 2 is 1.86 bits per heavy atom. The van der Waals surface area contributed by atoms with Gasteiger partial charge in [-0.25, -0.2) is 0 Å². The van der Waals surface area contributed by atoms with Crippen LogP contribution in [0.2, 0.25) is 0 Å². The van der Waals surface area contributed by atoms with Gasteiger partial charge in [0, 0.05) is 23.5 Å². The molecule has 1 heterocycles. The van der Waals surface area contributed by atoms with Crippen molar-refractivity contribution in [1.82, 2.24) is 10.3 Å². The predicted molar refractivity (Wildman–Crippen MR) is 109 cm³/mol. The van der Waals surface area contributed by atoms with Crippen LogP contribution in [0.15, 0.2) is 73.1 Å². The molecule has 5 nitrogen and oxygen atoms in total. The van der Waals surface area contributed by atoms with Crippen molar-refractivity contribution in [1.29, 1.82) is 0 Å². The lowest BCUT2D eigenvalue weighted by Crippen LogP contribution is -2.26. The molecule has 0 radical (unpaired) electrons. The van der Waals surface area contributed by atoms with Crippen LogP contribution >= 0.6 is 0 Å². The minimum atomic E-state index is -0.156. The van der Waals surface area contributed by atoms with Crippen molar-refractivity contribution in [2.24, 2.45) is 0 Å². The highest BCUT2D eigenvalue weighted by atomic mass is 16.5. The van der Waals surface area contributed by atoms with Crippen LogP contribution in [0.25, 0.3) is 0 Å². The molecule has 1 amide bonds. The second-order valence-electron chi connectivity index (χ2n) is 6.35. The van der Waals surface area contributed by atoms with Gasteiger partial charge in [0.1, 0.15) is 6.61 Å². The molecule has 28 heavy (non-hydrogen) atoms. The summed E-state index contributed by atoms with van der Waals surface area (Å²) in [4.78, 5) is 16.7. The highest BCUT2D eigenvalue weighted by Gasteiger charge is 2.14. The van der Waals surface area contributed by atoms with E-state index in [-0.39, 0.29) is 11.9 Å². The van der Waals surface area contributed by atoms with E-state index in [1.165, 1.54) is 0 Å². The Hall–Kier alpha value is -3.34. The van der Waals surface area contributed by atoms with Crippen LogP contribution in [0.1, 0.15) is 41.4 Å². The molecule has 0 spiro atoms. The molecule has 0 aliphatic rings. The van der Waals surface area contributed by atoms with Crippen molar-refractivity contribution in [3.05, 3.63) is 89.7 Å². The standard InChI is InChI=1S/C23H24N2O3/c1-3-27-22-14-20(23(26)25-17(2)19-9-5-4-6-10-19)11-12-21(22)28-16-18-8-7-13-24-15-18/h4-15,17H,3,16H2,1-2H3,(H,25,26). The van der Waals surface area contributed by atoms with Crippen LogP contribution in [0, 0.1) is 0 Å². The average molecular weight is 376 g/mol. The molecule has 0 aliphatic carbocycles. The first-order chi connectivity index (χ1) is 13.7. The van der Waals surface area contributed by atoms with E-state index in [1.54, 1.807) is 30.6 Å². The lowest BCUT2D eigenvalue weighted by Gasteiger charge is -2.16. The normalized spacial score (nSPS) is 11.5. The molecule has 1 N–H and O–H groups in total. The summed E-state index contributed by atoms with van der Waals surface area (Å²) in [6, 6.07) is 18.8. The number of amides is 1. The van der Waals surface area contributed by atoms with Gasteiger partial charge in [-0.2, -0.15) is 0 Å². The maximum absolute atomic E-state index is 12.7. The van der Waals surface area contributed by atoms with Gasteiger partial charge >= 0.3 is 0 Å². The molecule has 1 unspecified atom stereocenters. The van der Waals surface area contributed by atoms with Gasteiger partial charge in [-0.15, -0.1) is 0 Å². The summed E-state index contributed by atoms with van der Waals surface area (Å²) < 4.78 is 11.5. The third kappa shape index (κ3) is 5.10. The number of pyridine rings is 1. The molecular weight excluding hydrogens is 352 g/mol. The molecule has 144 valence electrons.